The number of nitrogens with two attached hydrogens (primary N) is 1. The molecule has 1 amide bonds. The Morgan fingerprint density at radius 3 is 2.38 bits per heavy atom. The third-order valence-electron chi connectivity index (χ3n) is 3.56. The summed E-state index contributed by atoms with van der Waals surface area (Å²) >= 11 is 0. The van der Waals surface area contributed by atoms with E-state index < -0.39 is 0 Å². The van der Waals surface area contributed by atoms with E-state index in [1.165, 1.54) is 0 Å². The zero-order chi connectivity index (χ0) is 16.2. The van der Waals surface area contributed by atoms with Crippen LogP contribution in [0.25, 0.3) is 0 Å². The molecule has 0 saturated carbocycles. The van der Waals surface area contributed by atoms with Crippen molar-refractivity contribution in [1.29, 1.82) is 0 Å². The molecular weight excluding hydrogens is 264 g/mol. The lowest BCUT2D eigenvalue weighted by Crippen LogP contribution is -2.38. The zero-order valence-corrected chi connectivity index (χ0v) is 13.9. The highest BCUT2D eigenvalue weighted by Gasteiger charge is 2.21. The average molecular weight is 292 g/mol. The SMILES string of the molecule is CCC(NC(=O)c1cc(NN)nc(C(C)(C)C)c1)C(C)C. The molecule has 1 unspecified atom stereocenters. The molecule has 0 fully saturated rings. The van der Waals surface area contributed by atoms with Crippen LogP contribution in [-0.2, 0) is 5.41 Å². The molecule has 1 aromatic heterocycles. The third kappa shape index (κ3) is 4.70. The number of rotatable bonds is 5. The van der Waals surface area contributed by atoms with Crippen LogP contribution < -0.4 is 16.6 Å². The summed E-state index contributed by atoms with van der Waals surface area (Å²) in [6.07, 6.45) is 0.905. The maximum atomic E-state index is 12.5. The van der Waals surface area contributed by atoms with E-state index in [0.717, 1.165) is 12.1 Å². The predicted molar refractivity (Wildman–Crippen MR) is 87.1 cm³/mol. The van der Waals surface area contributed by atoms with E-state index in [9.17, 15) is 4.79 Å². The summed E-state index contributed by atoms with van der Waals surface area (Å²) in [6, 6.07) is 3.68. The van der Waals surface area contributed by atoms with Gasteiger partial charge in [0, 0.05) is 22.7 Å². The van der Waals surface area contributed by atoms with Gasteiger partial charge in [0.15, 0.2) is 0 Å². The van der Waals surface area contributed by atoms with Gasteiger partial charge in [-0.05, 0) is 24.5 Å². The Labute approximate surface area is 127 Å². The number of carbonyl (C=O) groups is 1. The first-order chi connectivity index (χ1) is 9.68. The monoisotopic (exact) mass is 292 g/mol. The first-order valence-corrected chi connectivity index (χ1v) is 7.49. The molecular formula is C16H28N4O. The quantitative estimate of drug-likeness (QED) is 0.576. The van der Waals surface area contributed by atoms with Gasteiger partial charge in [0.05, 0.1) is 0 Å². The molecule has 5 nitrogen and oxygen atoms in total. The molecule has 4 N–H and O–H groups in total. The molecule has 118 valence electrons. The highest BCUT2D eigenvalue weighted by Crippen LogP contribution is 2.23. The summed E-state index contributed by atoms with van der Waals surface area (Å²) < 4.78 is 0. The number of nitrogens with one attached hydrogen (secondary N) is 2. The standard InChI is InChI=1S/C16H28N4O/c1-7-12(10(2)3)18-15(21)11-8-13(16(4,5)6)19-14(9-11)20-17/h8-10,12H,7,17H2,1-6H3,(H,18,21)(H,19,20). The molecule has 0 saturated heterocycles. The van der Waals surface area contributed by atoms with Gasteiger partial charge < -0.3 is 10.7 Å². The van der Waals surface area contributed by atoms with Crippen LogP contribution in [0, 0.1) is 5.92 Å². The maximum Gasteiger partial charge on any atom is 0.251 e. The van der Waals surface area contributed by atoms with E-state index in [1.54, 1.807) is 6.07 Å². The van der Waals surface area contributed by atoms with Crippen molar-refractivity contribution in [2.75, 3.05) is 5.43 Å². The number of hydrogen-bond acceptors (Lipinski definition) is 4. The van der Waals surface area contributed by atoms with Crippen LogP contribution in [0.15, 0.2) is 12.1 Å². The van der Waals surface area contributed by atoms with Gasteiger partial charge in [0.25, 0.3) is 5.91 Å². The largest absolute Gasteiger partial charge is 0.349 e. The number of carbonyl (C=O) groups excluding carboxylic acids is 1. The topological polar surface area (TPSA) is 80.0 Å². The molecule has 0 spiro atoms. The summed E-state index contributed by atoms with van der Waals surface area (Å²) in [5.74, 6) is 6.28. The Bertz CT molecular complexity index is 492. The Hall–Kier alpha value is -1.62. The van der Waals surface area contributed by atoms with Gasteiger partial charge in [0.2, 0.25) is 0 Å². The first-order valence-electron chi connectivity index (χ1n) is 7.49. The van der Waals surface area contributed by atoms with E-state index in [2.05, 4.69) is 57.3 Å². The van der Waals surface area contributed by atoms with Crippen molar-refractivity contribution in [1.82, 2.24) is 10.3 Å². The highest BCUT2D eigenvalue weighted by molar-refractivity contribution is 5.95. The van der Waals surface area contributed by atoms with Crippen LogP contribution in [0.3, 0.4) is 0 Å². The number of nitrogen functional groups attached to an aromatic ring is 1. The molecule has 21 heavy (non-hydrogen) atoms. The molecule has 0 aliphatic heterocycles. The van der Waals surface area contributed by atoms with E-state index in [0.29, 0.717) is 17.3 Å². The van der Waals surface area contributed by atoms with Gasteiger partial charge in [-0.25, -0.2) is 10.8 Å². The minimum absolute atomic E-state index is 0.0834. The van der Waals surface area contributed by atoms with Crippen molar-refractivity contribution in [3.8, 4) is 0 Å². The van der Waals surface area contributed by atoms with Gasteiger partial charge in [-0.15, -0.1) is 0 Å². The summed E-state index contributed by atoms with van der Waals surface area (Å²) in [4.78, 5) is 16.9. The average Bonchev–Trinajstić information content (AvgIpc) is 2.42. The summed E-state index contributed by atoms with van der Waals surface area (Å²) in [6.45, 7) is 12.5. The van der Waals surface area contributed by atoms with Crippen LogP contribution in [-0.4, -0.2) is 16.9 Å². The number of hydrazine groups is 1. The van der Waals surface area contributed by atoms with Gasteiger partial charge in [-0.3, -0.25) is 4.79 Å². The van der Waals surface area contributed by atoms with Gasteiger partial charge >= 0.3 is 0 Å². The van der Waals surface area contributed by atoms with Crippen molar-refractivity contribution in [2.45, 2.75) is 59.4 Å². The maximum absolute atomic E-state index is 12.5. The second-order valence-corrected chi connectivity index (χ2v) is 6.75. The molecule has 1 aromatic rings. The van der Waals surface area contributed by atoms with Crippen molar-refractivity contribution in [3.05, 3.63) is 23.4 Å². The number of amides is 1. The molecule has 0 aliphatic rings. The number of nitrogens with zero attached hydrogens (tertiary/aromatic N) is 1. The molecule has 0 radical (unpaired) electrons. The summed E-state index contributed by atoms with van der Waals surface area (Å²) in [5, 5.41) is 3.08. The normalized spacial score (nSPS) is 13.1. The van der Waals surface area contributed by atoms with Crippen molar-refractivity contribution >= 4 is 11.7 Å². The lowest BCUT2D eigenvalue weighted by Gasteiger charge is -2.22. The Kier molecular flexibility index (Phi) is 5.72. The van der Waals surface area contributed by atoms with E-state index >= 15 is 0 Å². The molecule has 1 rings (SSSR count). The van der Waals surface area contributed by atoms with E-state index in [4.69, 9.17) is 5.84 Å². The summed E-state index contributed by atoms with van der Waals surface area (Å²) in [7, 11) is 0. The molecule has 0 aromatic carbocycles. The number of anilines is 1. The van der Waals surface area contributed by atoms with E-state index in [1.807, 2.05) is 6.07 Å². The minimum atomic E-state index is -0.149. The predicted octanol–water partition coefficient (Wildman–Crippen LogP) is 2.83. The van der Waals surface area contributed by atoms with Gasteiger partial charge in [0.1, 0.15) is 5.82 Å². The molecule has 1 heterocycles. The highest BCUT2D eigenvalue weighted by atomic mass is 16.1. The number of pyridine rings is 1. The van der Waals surface area contributed by atoms with Crippen LogP contribution in [0.2, 0.25) is 0 Å². The van der Waals surface area contributed by atoms with Crippen molar-refractivity contribution < 1.29 is 4.79 Å². The Morgan fingerprint density at radius 1 is 1.33 bits per heavy atom. The molecule has 1 atom stereocenters. The molecule has 0 aliphatic carbocycles. The number of aromatic nitrogens is 1. The lowest BCUT2D eigenvalue weighted by molar-refractivity contribution is 0.0924. The molecule has 5 heteroatoms. The van der Waals surface area contributed by atoms with Crippen LogP contribution in [0.4, 0.5) is 5.82 Å². The fourth-order valence-corrected chi connectivity index (χ4v) is 2.11. The zero-order valence-electron chi connectivity index (χ0n) is 13.9. The molecule has 0 bridgehead atoms. The third-order valence-corrected chi connectivity index (χ3v) is 3.56. The van der Waals surface area contributed by atoms with Crippen molar-refractivity contribution in [2.24, 2.45) is 11.8 Å². The lowest BCUT2D eigenvalue weighted by atomic mass is 9.90. The van der Waals surface area contributed by atoms with Crippen LogP contribution >= 0.6 is 0 Å². The second kappa shape index (κ2) is 6.89. The fourth-order valence-electron chi connectivity index (χ4n) is 2.11. The summed E-state index contributed by atoms with van der Waals surface area (Å²) in [5.41, 5.74) is 3.80. The minimum Gasteiger partial charge on any atom is -0.349 e. The van der Waals surface area contributed by atoms with Gasteiger partial charge in [-0.2, -0.15) is 0 Å². The van der Waals surface area contributed by atoms with Crippen LogP contribution in [0.5, 0.6) is 0 Å². The smallest absolute Gasteiger partial charge is 0.251 e. The van der Waals surface area contributed by atoms with E-state index in [-0.39, 0.29) is 17.4 Å². The van der Waals surface area contributed by atoms with Crippen LogP contribution in [0.1, 0.15) is 64.0 Å². The number of hydrogen-bond donors (Lipinski definition) is 3. The Morgan fingerprint density at radius 2 is 1.95 bits per heavy atom. The second-order valence-electron chi connectivity index (χ2n) is 6.75. The van der Waals surface area contributed by atoms with Gasteiger partial charge in [-0.1, -0.05) is 41.5 Å². The van der Waals surface area contributed by atoms with Crippen molar-refractivity contribution in [3.63, 3.8) is 0 Å². The fraction of sp³-hybridized carbons (Fsp3) is 0.625. The Balaban J connectivity index is 3.09. The first kappa shape index (κ1) is 17.4.